The second kappa shape index (κ2) is 4.03. The molecule has 0 bridgehead atoms. The van der Waals surface area contributed by atoms with E-state index in [4.69, 9.17) is 5.26 Å². The van der Waals surface area contributed by atoms with Gasteiger partial charge in [-0.05, 0) is 40.8 Å². The summed E-state index contributed by atoms with van der Waals surface area (Å²) in [5, 5.41) is 9.47. The molecule has 2 rings (SSSR count). The number of nitrogens with zero attached hydrogens (tertiary/aromatic N) is 1. The van der Waals surface area contributed by atoms with E-state index in [-0.39, 0.29) is 12.2 Å². The molecule has 0 atom stereocenters. The summed E-state index contributed by atoms with van der Waals surface area (Å²) in [4.78, 5) is 14.5. The van der Waals surface area contributed by atoms with E-state index in [0.717, 1.165) is 14.5 Å². The standard InChI is InChI=1S/C11H7IN2O/c12-8-2-1-3-9-7(8)6-10(14-9)11(15)4-5-13/h1-3,6,14H,4H2. The van der Waals surface area contributed by atoms with Gasteiger partial charge in [0.1, 0.15) is 6.42 Å². The highest BCUT2D eigenvalue weighted by Gasteiger charge is 2.09. The number of nitrogens with one attached hydrogen (secondary N) is 1. The van der Waals surface area contributed by atoms with Crippen molar-refractivity contribution in [3.05, 3.63) is 33.5 Å². The lowest BCUT2D eigenvalue weighted by atomic mass is 10.2. The van der Waals surface area contributed by atoms with Crippen LogP contribution in [0.2, 0.25) is 0 Å². The number of benzene rings is 1. The van der Waals surface area contributed by atoms with Crippen LogP contribution in [0.1, 0.15) is 16.9 Å². The number of Topliss-reactive ketones (excluding diaryl/α,β-unsaturated/α-hetero) is 1. The second-order valence-corrected chi connectivity index (χ2v) is 4.30. The molecule has 0 aliphatic rings. The Bertz CT molecular complexity index is 565. The van der Waals surface area contributed by atoms with Gasteiger partial charge in [0.05, 0.1) is 11.8 Å². The van der Waals surface area contributed by atoms with Gasteiger partial charge >= 0.3 is 0 Å². The largest absolute Gasteiger partial charge is 0.352 e. The third-order valence-corrected chi connectivity index (χ3v) is 3.09. The number of fused-ring (bicyclic) bond motifs is 1. The summed E-state index contributed by atoms with van der Waals surface area (Å²) in [5.41, 5.74) is 1.44. The Balaban J connectivity index is 2.53. The van der Waals surface area contributed by atoms with Crippen molar-refractivity contribution >= 4 is 39.3 Å². The molecule has 0 unspecified atom stereocenters. The first-order valence-corrected chi connectivity index (χ1v) is 5.47. The number of rotatable bonds is 2. The van der Waals surface area contributed by atoms with Crippen molar-refractivity contribution < 1.29 is 4.79 Å². The molecule has 4 heteroatoms. The number of halogens is 1. The maximum atomic E-state index is 11.5. The van der Waals surface area contributed by atoms with Crippen molar-refractivity contribution in [1.29, 1.82) is 5.26 Å². The molecule has 1 aromatic carbocycles. The van der Waals surface area contributed by atoms with Crippen LogP contribution in [0.3, 0.4) is 0 Å². The highest BCUT2D eigenvalue weighted by molar-refractivity contribution is 14.1. The fourth-order valence-electron chi connectivity index (χ4n) is 1.44. The smallest absolute Gasteiger partial charge is 0.193 e. The molecule has 1 N–H and O–H groups in total. The van der Waals surface area contributed by atoms with E-state index in [1.807, 2.05) is 24.3 Å². The minimum Gasteiger partial charge on any atom is -0.352 e. The lowest BCUT2D eigenvalue weighted by molar-refractivity contribution is 0.0994. The van der Waals surface area contributed by atoms with Gasteiger partial charge in [-0.2, -0.15) is 5.26 Å². The summed E-state index contributed by atoms with van der Waals surface area (Å²) in [6, 6.07) is 9.48. The van der Waals surface area contributed by atoms with Crippen molar-refractivity contribution in [3.63, 3.8) is 0 Å². The zero-order valence-corrected chi connectivity index (χ0v) is 9.91. The first-order chi connectivity index (χ1) is 7.22. The number of aromatic nitrogens is 1. The van der Waals surface area contributed by atoms with Gasteiger partial charge in [0.25, 0.3) is 0 Å². The maximum Gasteiger partial charge on any atom is 0.193 e. The fraction of sp³-hybridized carbons (Fsp3) is 0.0909. The second-order valence-electron chi connectivity index (χ2n) is 3.14. The number of nitriles is 1. The van der Waals surface area contributed by atoms with Crippen LogP contribution in [0.15, 0.2) is 24.3 Å². The molecular weight excluding hydrogens is 303 g/mol. The predicted molar refractivity (Wildman–Crippen MR) is 65.6 cm³/mol. The zero-order valence-electron chi connectivity index (χ0n) is 7.75. The fourth-order valence-corrected chi connectivity index (χ4v) is 2.09. The molecule has 0 spiro atoms. The topological polar surface area (TPSA) is 56.6 Å². The molecule has 0 saturated carbocycles. The molecule has 0 fully saturated rings. The molecule has 15 heavy (non-hydrogen) atoms. The van der Waals surface area contributed by atoms with Crippen LogP contribution in [0, 0.1) is 14.9 Å². The molecule has 1 aromatic heterocycles. The molecule has 0 saturated heterocycles. The molecule has 0 radical (unpaired) electrons. The lowest BCUT2D eigenvalue weighted by Crippen LogP contribution is -1.96. The van der Waals surface area contributed by atoms with Crippen LogP contribution < -0.4 is 0 Å². The number of carbonyl (C=O) groups is 1. The molecule has 0 amide bonds. The third-order valence-electron chi connectivity index (χ3n) is 2.15. The van der Waals surface area contributed by atoms with Crippen LogP contribution >= 0.6 is 22.6 Å². The molecule has 0 aliphatic heterocycles. The monoisotopic (exact) mass is 310 g/mol. The quantitative estimate of drug-likeness (QED) is 0.685. The van der Waals surface area contributed by atoms with Gasteiger partial charge in [-0.15, -0.1) is 0 Å². The summed E-state index contributed by atoms with van der Waals surface area (Å²) in [7, 11) is 0. The number of carbonyl (C=O) groups excluding carboxylic acids is 1. The third kappa shape index (κ3) is 1.88. The van der Waals surface area contributed by atoms with Gasteiger partial charge in [-0.1, -0.05) is 6.07 Å². The van der Waals surface area contributed by atoms with Crippen LogP contribution in [0.5, 0.6) is 0 Å². The SMILES string of the molecule is N#CCC(=O)c1cc2c(I)cccc2[nH]1. The van der Waals surface area contributed by atoms with Gasteiger partial charge in [-0.25, -0.2) is 0 Å². The van der Waals surface area contributed by atoms with Gasteiger partial charge in [0.2, 0.25) is 0 Å². The molecule has 0 aliphatic carbocycles. The van der Waals surface area contributed by atoms with Crippen LogP contribution in [-0.4, -0.2) is 10.8 Å². The van der Waals surface area contributed by atoms with Crippen LogP contribution in [-0.2, 0) is 0 Å². The summed E-state index contributed by atoms with van der Waals surface area (Å²) in [6.45, 7) is 0. The minimum atomic E-state index is -0.162. The summed E-state index contributed by atoms with van der Waals surface area (Å²) >= 11 is 2.22. The molecule has 2 aromatic rings. The normalized spacial score (nSPS) is 10.1. The van der Waals surface area contributed by atoms with Gasteiger partial charge < -0.3 is 4.98 Å². The molecular formula is C11H7IN2O. The Morgan fingerprint density at radius 1 is 1.53 bits per heavy atom. The molecule has 1 heterocycles. The average molecular weight is 310 g/mol. The van der Waals surface area contributed by atoms with E-state index in [1.165, 1.54) is 0 Å². The summed E-state index contributed by atoms with van der Waals surface area (Å²) < 4.78 is 1.09. The van der Waals surface area contributed by atoms with Gasteiger partial charge in [0, 0.05) is 14.5 Å². The average Bonchev–Trinajstić information content (AvgIpc) is 2.63. The summed E-state index contributed by atoms with van der Waals surface area (Å²) in [6.07, 6.45) is -0.0800. The first kappa shape index (κ1) is 10.2. The minimum absolute atomic E-state index is 0.0800. The highest BCUT2D eigenvalue weighted by atomic mass is 127. The first-order valence-electron chi connectivity index (χ1n) is 4.40. The van der Waals surface area contributed by atoms with Gasteiger partial charge in [0.15, 0.2) is 5.78 Å². The summed E-state index contributed by atoms with van der Waals surface area (Å²) in [5.74, 6) is -0.162. The van der Waals surface area contributed by atoms with Crippen molar-refractivity contribution in [1.82, 2.24) is 4.98 Å². The van der Waals surface area contributed by atoms with E-state index < -0.39 is 0 Å². The Morgan fingerprint density at radius 2 is 2.33 bits per heavy atom. The van der Waals surface area contributed by atoms with E-state index in [9.17, 15) is 4.79 Å². The predicted octanol–water partition coefficient (Wildman–Crippen LogP) is 2.87. The van der Waals surface area contributed by atoms with E-state index in [1.54, 1.807) is 6.07 Å². The molecule has 3 nitrogen and oxygen atoms in total. The number of hydrogen-bond acceptors (Lipinski definition) is 2. The van der Waals surface area contributed by atoms with Crippen LogP contribution in [0.4, 0.5) is 0 Å². The number of H-pyrrole nitrogens is 1. The Kier molecular flexibility index (Phi) is 2.73. The van der Waals surface area contributed by atoms with Crippen molar-refractivity contribution in [3.8, 4) is 6.07 Å². The van der Waals surface area contributed by atoms with E-state index >= 15 is 0 Å². The Hall–Kier alpha value is -1.35. The van der Waals surface area contributed by atoms with Crippen molar-refractivity contribution in [2.45, 2.75) is 6.42 Å². The zero-order chi connectivity index (χ0) is 10.8. The number of aromatic amines is 1. The highest BCUT2D eigenvalue weighted by Crippen LogP contribution is 2.21. The Labute approximate surface area is 100 Å². The van der Waals surface area contributed by atoms with Crippen molar-refractivity contribution in [2.24, 2.45) is 0 Å². The number of ketones is 1. The Morgan fingerprint density at radius 3 is 3.00 bits per heavy atom. The van der Waals surface area contributed by atoms with Crippen LogP contribution in [0.25, 0.3) is 10.9 Å². The maximum absolute atomic E-state index is 11.5. The number of hydrogen-bond donors (Lipinski definition) is 1. The van der Waals surface area contributed by atoms with Gasteiger partial charge in [-0.3, -0.25) is 4.79 Å². The molecule has 74 valence electrons. The van der Waals surface area contributed by atoms with E-state index in [0.29, 0.717) is 5.69 Å². The van der Waals surface area contributed by atoms with E-state index in [2.05, 4.69) is 27.6 Å². The van der Waals surface area contributed by atoms with Crippen molar-refractivity contribution in [2.75, 3.05) is 0 Å². The lowest BCUT2D eigenvalue weighted by Gasteiger charge is -1.90.